The lowest BCUT2D eigenvalue weighted by molar-refractivity contribution is -0.138. The number of unbranched alkanes of at least 4 members (excludes halogenated alkanes) is 2. The molecule has 0 aliphatic rings. The van der Waals surface area contributed by atoms with Crippen molar-refractivity contribution in [1.29, 1.82) is 0 Å². The molecule has 25 heteroatoms. The number of alkyl halides is 6. The zero-order valence-corrected chi connectivity index (χ0v) is 35.0. The average molecular weight is 916 g/mol. The van der Waals surface area contributed by atoms with Crippen LogP contribution < -0.4 is 49.9 Å². The molecule has 0 aliphatic carbocycles. The molecule has 0 saturated carbocycles. The second-order valence-corrected chi connectivity index (χ2v) is 15.3. The molecule has 3 aromatic rings. The third-order valence-electron chi connectivity index (χ3n) is 8.02. The summed E-state index contributed by atoms with van der Waals surface area (Å²) in [6.45, 7) is 2.33. The standard InChI is InChI=1S/C37H47F6N13O4S2/c1-20(46)49-10-4-2-6-29(57)53-23-14-21(36(38,39)40)16-25(31(23)61-12-8-44)55-33(59)27-18-28(52-19-51-27)34(60)56-26-17-22(37(41,42)43)15-24(32(26)62-13-9-45)54-30(58)7-3-5-11-50-35(47)48/h14-19H,2-13,44-45H2,1H3,(H2,46,49)(H,53,57)(H,54,58)(H,55,59)(H,56,60)(H4,47,48,50). The second-order valence-electron chi connectivity index (χ2n) is 13.1. The predicted molar refractivity (Wildman–Crippen MR) is 228 cm³/mol. The summed E-state index contributed by atoms with van der Waals surface area (Å²) in [6, 6.07) is 3.62. The zero-order chi connectivity index (χ0) is 46.0. The number of hydrogen-bond acceptors (Lipinski definition) is 12. The van der Waals surface area contributed by atoms with Crippen LogP contribution in [0.5, 0.6) is 0 Å². The number of thioether (sulfide) groups is 2. The Balaban J connectivity index is 1.95. The molecule has 0 spiro atoms. The molecule has 0 unspecified atom stereocenters. The predicted octanol–water partition coefficient (Wildman–Crippen LogP) is 4.99. The van der Waals surface area contributed by atoms with Gasteiger partial charge in [0.1, 0.15) is 17.7 Å². The van der Waals surface area contributed by atoms with Crippen LogP contribution >= 0.6 is 23.5 Å². The van der Waals surface area contributed by atoms with Gasteiger partial charge in [0.2, 0.25) is 11.8 Å². The van der Waals surface area contributed by atoms with E-state index in [0.29, 0.717) is 56.3 Å². The lowest BCUT2D eigenvalue weighted by Crippen LogP contribution is -2.23. The van der Waals surface area contributed by atoms with Crippen LogP contribution in [0.2, 0.25) is 0 Å². The van der Waals surface area contributed by atoms with E-state index < -0.39 is 58.5 Å². The molecule has 0 fully saturated rings. The first-order chi connectivity index (χ1) is 29.2. The monoisotopic (exact) mass is 915 g/mol. The van der Waals surface area contributed by atoms with Crippen molar-refractivity contribution in [2.75, 3.05) is 59.0 Å². The second kappa shape index (κ2) is 24.1. The summed E-state index contributed by atoms with van der Waals surface area (Å²) in [5.41, 5.74) is 22.7. The SMILES string of the molecule is CC(N)=NCCCCC(=O)Nc1cc(C(F)(F)F)cc(NC(=O)c2cc(C(=O)Nc3cc(C(F)(F)F)cc(NC(=O)CCCCN=C(N)N)c3SCCN)ncn2)c1SCCN. The average Bonchev–Trinajstić information content (AvgIpc) is 3.18. The molecular formula is C37H47F6N13O4S2. The van der Waals surface area contributed by atoms with Gasteiger partial charge >= 0.3 is 12.4 Å². The molecule has 3 rings (SSSR count). The highest BCUT2D eigenvalue weighted by Gasteiger charge is 2.34. The van der Waals surface area contributed by atoms with Gasteiger partial charge in [-0.2, -0.15) is 26.3 Å². The molecule has 17 nitrogen and oxygen atoms in total. The van der Waals surface area contributed by atoms with E-state index >= 15 is 0 Å². The molecule has 338 valence electrons. The van der Waals surface area contributed by atoms with Gasteiger partial charge in [-0.05, 0) is 56.9 Å². The number of carbonyl (C=O) groups excluding carboxylic acids is 4. The summed E-state index contributed by atoms with van der Waals surface area (Å²) >= 11 is 1.91. The van der Waals surface area contributed by atoms with Crippen molar-refractivity contribution in [3.05, 3.63) is 59.2 Å². The fourth-order valence-electron chi connectivity index (χ4n) is 5.25. The van der Waals surface area contributed by atoms with Gasteiger partial charge in [-0.15, -0.1) is 23.5 Å². The third kappa shape index (κ3) is 16.7. The molecule has 2 aromatic carbocycles. The molecular weight excluding hydrogens is 869 g/mol. The number of anilines is 4. The van der Waals surface area contributed by atoms with Gasteiger partial charge in [0, 0.05) is 56.6 Å². The largest absolute Gasteiger partial charge is 0.416 e. The lowest BCUT2D eigenvalue weighted by Gasteiger charge is -2.19. The summed E-state index contributed by atoms with van der Waals surface area (Å²) in [7, 11) is 0. The first-order valence-electron chi connectivity index (χ1n) is 18.8. The first kappa shape index (κ1) is 50.7. The number of amidine groups is 1. The molecule has 0 atom stereocenters. The number of benzene rings is 2. The molecule has 0 aliphatic heterocycles. The minimum absolute atomic E-state index is 0.0310. The molecule has 14 N–H and O–H groups in total. The van der Waals surface area contributed by atoms with Crippen molar-refractivity contribution in [1.82, 2.24) is 9.97 Å². The van der Waals surface area contributed by atoms with Crippen LogP contribution in [0.25, 0.3) is 0 Å². The van der Waals surface area contributed by atoms with Gasteiger partial charge in [0.15, 0.2) is 5.96 Å². The summed E-state index contributed by atoms with van der Waals surface area (Å²) < 4.78 is 84.8. The Bertz CT molecular complexity index is 1970. The Morgan fingerprint density at radius 1 is 0.613 bits per heavy atom. The van der Waals surface area contributed by atoms with Crippen LogP contribution in [0.3, 0.4) is 0 Å². The van der Waals surface area contributed by atoms with E-state index in [1.54, 1.807) is 6.92 Å². The third-order valence-corrected chi connectivity index (χ3v) is 10.4. The van der Waals surface area contributed by atoms with Crippen molar-refractivity contribution in [2.45, 2.75) is 67.6 Å². The first-order valence-corrected chi connectivity index (χ1v) is 20.7. The maximum absolute atomic E-state index is 14.1. The van der Waals surface area contributed by atoms with Crippen LogP contribution in [0.1, 0.15) is 77.6 Å². The molecule has 0 saturated heterocycles. The Hall–Kier alpha value is -5.66. The van der Waals surface area contributed by atoms with Crippen molar-refractivity contribution >= 4 is 81.7 Å². The van der Waals surface area contributed by atoms with Crippen molar-refractivity contribution in [2.24, 2.45) is 38.7 Å². The van der Waals surface area contributed by atoms with Gasteiger partial charge in [-0.1, -0.05) is 0 Å². The Kier molecular flexibility index (Phi) is 19.7. The van der Waals surface area contributed by atoms with E-state index in [-0.39, 0.29) is 82.5 Å². The normalized spacial score (nSPS) is 11.8. The van der Waals surface area contributed by atoms with Gasteiger partial charge < -0.3 is 49.9 Å². The lowest BCUT2D eigenvalue weighted by atomic mass is 10.1. The number of rotatable bonds is 22. The Morgan fingerprint density at radius 2 is 1.00 bits per heavy atom. The summed E-state index contributed by atoms with van der Waals surface area (Å²) in [6.07, 6.45) is -7.67. The van der Waals surface area contributed by atoms with Gasteiger partial charge in [0.05, 0.1) is 49.5 Å². The van der Waals surface area contributed by atoms with Crippen molar-refractivity contribution < 1.29 is 45.5 Å². The minimum atomic E-state index is -4.93. The Morgan fingerprint density at radius 3 is 1.35 bits per heavy atom. The summed E-state index contributed by atoms with van der Waals surface area (Å²) in [4.78, 5) is 68.4. The quantitative estimate of drug-likeness (QED) is 0.0211. The van der Waals surface area contributed by atoms with E-state index in [0.717, 1.165) is 42.0 Å². The highest BCUT2D eigenvalue weighted by molar-refractivity contribution is 7.99. The van der Waals surface area contributed by atoms with Gasteiger partial charge in [-0.25, -0.2) is 9.97 Å². The molecule has 1 aromatic heterocycles. The highest BCUT2D eigenvalue weighted by Crippen LogP contribution is 2.43. The van der Waals surface area contributed by atoms with Crippen molar-refractivity contribution in [3.63, 3.8) is 0 Å². The van der Waals surface area contributed by atoms with Crippen molar-refractivity contribution in [3.8, 4) is 0 Å². The van der Waals surface area contributed by atoms with E-state index in [2.05, 4.69) is 41.2 Å². The highest BCUT2D eigenvalue weighted by atomic mass is 32.2. The van der Waals surface area contributed by atoms with Gasteiger partial charge in [-0.3, -0.25) is 29.2 Å². The van der Waals surface area contributed by atoms with Gasteiger partial charge in [0.25, 0.3) is 11.8 Å². The number of nitrogens with zero attached hydrogens (tertiary/aromatic N) is 4. The van der Waals surface area contributed by atoms with E-state index in [9.17, 15) is 45.5 Å². The maximum Gasteiger partial charge on any atom is 0.416 e. The van der Waals surface area contributed by atoms with E-state index in [1.807, 2.05) is 0 Å². The van der Waals surface area contributed by atoms with Crippen LogP contribution in [0.4, 0.5) is 49.1 Å². The van der Waals surface area contributed by atoms with Crippen LogP contribution in [0.15, 0.2) is 56.4 Å². The van der Waals surface area contributed by atoms with Crippen LogP contribution in [-0.4, -0.2) is 83.1 Å². The minimum Gasteiger partial charge on any atom is -0.388 e. The number of carbonyl (C=O) groups is 4. The fraction of sp³-hybridized carbons (Fsp3) is 0.405. The zero-order valence-electron chi connectivity index (χ0n) is 33.3. The number of hydrogen-bond donors (Lipinski definition) is 9. The van der Waals surface area contributed by atoms with E-state index in [4.69, 9.17) is 28.7 Å². The maximum atomic E-state index is 14.1. The smallest absolute Gasteiger partial charge is 0.388 e. The number of guanidine groups is 1. The number of halogens is 6. The topological polar surface area (TPSA) is 297 Å². The molecule has 62 heavy (non-hydrogen) atoms. The molecule has 0 radical (unpaired) electrons. The molecule has 4 amide bonds. The summed E-state index contributed by atoms with van der Waals surface area (Å²) in [5.74, 6) is -2.91. The number of aliphatic imine (C=N–C) groups is 2. The number of nitrogens with one attached hydrogen (secondary N) is 4. The number of nitrogens with two attached hydrogens (primary N) is 5. The molecule has 1 heterocycles. The van der Waals surface area contributed by atoms with Crippen LogP contribution in [0, 0.1) is 0 Å². The Labute approximate surface area is 360 Å². The summed E-state index contributed by atoms with van der Waals surface area (Å²) in [5, 5.41) is 9.67. The number of aromatic nitrogens is 2. The number of amides is 4. The fourth-order valence-corrected chi connectivity index (χ4v) is 6.96. The van der Waals surface area contributed by atoms with Crippen LogP contribution in [-0.2, 0) is 21.9 Å². The molecule has 0 bridgehead atoms. The van der Waals surface area contributed by atoms with E-state index in [1.165, 1.54) is 0 Å².